The maximum Gasteiger partial charge on any atom is 0.0904 e. The van der Waals surface area contributed by atoms with Crippen LogP contribution in [0.3, 0.4) is 0 Å². The Bertz CT molecular complexity index is 566. The van der Waals surface area contributed by atoms with E-state index in [-0.39, 0.29) is 0 Å². The van der Waals surface area contributed by atoms with Crippen LogP contribution < -0.4 is 4.50 Å². The molecular formula is C14H16ClNSSi. The summed E-state index contributed by atoms with van der Waals surface area (Å²) in [6, 6.07) is 11.7. The van der Waals surface area contributed by atoms with Crippen molar-refractivity contribution in [2.24, 2.45) is 0 Å². The number of thiophene rings is 1. The van der Waals surface area contributed by atoms with Crippen LogP contribution in [-0.4, -0.2) is 13.8 Å². The van der Waals surface area contributed by atoms with Gasteiger partial charge in [0.15, 0.2) is 0 Å². The van der Waals surface area contributed by atoms with Crippen LogP contribution in [0, 0.1) is 5.41 Å². The molecule has 2 aromatic rings. The fourth-order valence-corrected chi connectivity index (χ4v) is 4.63. The molecule has 1 N–H and O–H groups in total. The molecule has 0 radical (unpaired) electrons. The number of nitrogens with one attached hydrogen (secondary N) is 1. The summed E-state index contributed by atoms with van der Waals surface area (Å²) in [6.45, 7) is 6.98. The van der Waals surface area contributed by atoms with Crippen LogP contribution in [0.4, 0.5) is 0 Å². The molecule has 18 heavy (non-hydrogen) atoms. The average molecular weight is 294 g/mol. The van der Waals surface area contributed by atoms with Gasteiger partial charge in [-0.05, 0) is 22.7 Å². The minimum atomic E-state index is -1.27. The van der Waals surface area contributed by atoms with Crippen molar-refractivity contribution in [3.8, 4) is 0 Å². The van der Waals surface area contributed by atoms with Crippen molar-refractivity contribution < 1.29 is 0 Å². The summed E-state index contributed by atoms with van der Waals surface area (Å²) in [5, 5.41) is 8.95. The fraction of sp³-hybridized carbons (Fsp3) is 0.214. The molecule has 0 fully saturated rings. The van der Waals surface area contributed by atoms with Crippen LogP contribution in [-0.2, 0) is 0 Å². The molecule has 0 amide bonds. The highest BCUT2D eigenvalue weighted by atomic mass is 35.5. The van der Waals surface area contributed by atoms with Crippen molar-refractivity contribution in [3.63, 3.8) is 0 Å². The first-order valence-corrected chi connectivity index (χ1v) is 10.5. The third kappa shape index (κ3) is 2.91. The Morgan fingerprint density at radius 1 is 1.06 bits per heavy atom. The van der Waals surface area contributed by atoms with E-state index in [4.69, 9.17) is 17.0 Å². The van der Waals surface area contributed by atoms with Gasteiger partial charge in [0.1, 0.15) is 0 Å². The van der Waals surface area contributed by atoms with Crippen LogP contribution >= 0.6 is 22.9 Å². The van der Waals surface area contributed by atoms with Crippen LogP contribution in [0.5, 0.6) is 0 Å². The monoisotopic (exact) mass is 293 g/mol. The van der Waals surface area contributed by atoms with Gasteiger partial charge in [-0.2, -0.15) is 0 Å². The largest absolute Gasteiger partial charge is 0.299 e. The first-order valence-electron chi connectivity index (χ1n) is 5.83. The quantitative estimate of drug-likeness (QED) is 0.642. The minimum absolute atomic E-state index is 0.584. The molecule has 0 saturated heterocycles. The van der Waals surface area contributed by atoms with Gasteiger partial charge in [0, 0.05) is 10.6 Å². The van der Waals surface area contributed by atoms with Gasteiger partial charge in [-0.3, -0.25) is 5.41 Å². The van der Waals surface area contributed by atoms with E-state index >= 15 is 0 Å². The highest BCUT2D eigenvalue weighted by molar-refractivity contribution is 7.27. The first kappa shape index (κ1) is 13.5. The minimum Gasteiger partial charge on any atom is -0.299 e. The van der Waals surface area contributed by atoms with E-state index in [0.717, 1.165) is 10.4 Å². The molecule has 1 nitrogen and oxygen atoms in total. The second-order valence-electron chi connectivity index (χ2n) is 5.30. The molecule has 0 aliphatic carbocycles. The lowest BCUT2D eigenvalue weighted by atomic mass is 10.1. The van der Waals surface area contributed by atoms with Crippen molar-refractivity contribution in [3.05, 3.63) is 51.9 Å². The second kappa shape index (κ2) is 5.00. The van der Waals surface area contributed by atoms with Gasteiger partial charge in [-0.25, -0.2) is 0 Å². The third-order valence-corrected chi connectivity index (χ3v) is 7.68. The maximum absolute atomic E-state index is 8.24. The smallest absolute Gasteiger partial charge is 0.0904 e. The van der Waals surface area contributed by atoms with Crippen LogP contribution in [0.1, 0.15) is 10.4 Å². The highest BCUT2D eigenvalue weighted by Crippen LogP contribution is 2.18. The molecule has 94 valence electrons. The maximum atomic E-state index is 8.24. The summed E-state index contributed by atoms with van der Waals surface area (Å²) in [6.07, 6.45) is 0. The van der Waals surface area contributed by atoms with Crippen LogP contribution in [0.25, 0.3) is 0 Å². The Balaban J connectivity index is 2.29. The van der Waals surface area contributed by atoms with Crippen molar-refractivity contribution in [1.29, 1.82) is 5.41 Å². The summed E-state index contributed by atoms with van der Waals surface area (Å²) >= 11 is 7.62. The topological polar surface area (TPSA) is 23.9 Å². The molecule has 1 aromatic carbocycles. The van der Waals surface area contributed by atoms with Gasteiger partial charge in [-0.1, -0.05) is 49.4 Å². The van der Waals surface area contributed by atoms with Gasteiger partial charge in [0.25, 0.3) is 0 Å². The molecule has 0 unspecified atom stereocenters. The summed E-state index contributed by atoms with van der Waals surface area (Å²) in [7, 11) is -1.27. The molecule has 2 rings (SSSR count). The van der Waals surface area contributed by atoms with Crippen molar-refractivity contribution in [2.75, 3.05) is 0 Å². The Kier molecular flexibility index (Phi) is 3.75. The van der Waals surface area contributed by atoms with Crippen molar-refractivity contribution in [2.45, 2.75) is 19.6 Å². The number of hydrogen-bond donors (Lipinski definition) is 1. The summed E-state index contributed by atoms with van der Waals surface area (Å²) in [5.74, 6) is 0. The van der Waals surface area contributed by atoms with Crippen molar-refractivity contribution >= 4 is 41.2 Å². The number of rotatable bonds is 3. The summed E-state index contributed by atoms with van der Waals surface area (Å²) in [5.41, 5.74) is 1.50. The number of halogens is 1. The van der Waals surface area contributed by atoms with Crippen LogP contribution in [0.15, 0.2) is 36.4 Å². The highest BCUT2D eigenvalue weighted by Gasteiger charge is 2.19. The van der Waals surface area contributed by atoms with E-state index in [1.165, 1.54) is 4.50 Å². The molecule has 1 heterocycles. The lowest BCUT2D eigenvalue weighted by Crippen LogP contribution is -2.34. The molecule has 4 heteroatoms. The van der Waals surface area contributed by atoms with Gasteiger partial charge in [-0.15, -0.1) is 11.3 Å². The number of benzene rings is 1. The standard InChI is InChI=1S/C14H16ClNSSi/c1-18(2,3)13-9-8-12(17-13)14(16)10-4-6-11(15)7-5-10/h4-9,16H,1-3H3. The average Bonchev–Trinajstić information content (AvgIpc) is 2.78. The van der Waals surface area contributed by atoms with E-state index in [0.29, 0.717) is 10.7 Å². The molecule has 1 aromatic heterocycles. The lowest BCUT2D eigenvalue weighted by molar-refractivity contribution is 1.48. The number of hydrogen-bond acceptors (Lipinski definition) is 2. The second-order valence-corrected chi connectivity index (χ2v) is 12.2. The SMILES string of the molecule is C[Si](C)(C)c1ccc(C(=N)c2ccc(Cl)cc2)s1. The third-order valence-electron chi connectivity index (χ3n) is 2.72. The van der Waals surface area contributed by atoms with Gasteiger partial charge < -0.3 is 0 Å². The first-order chi connectivity index (χ1) is 8.38. The summed E-state index contributed by atoms with van der Waals surface area (Å²) < 4.78 is 1.44. The van der Waals surface area contributed by atoms with E-state index in [9.17, 15) is 0 Å². The molecule has 0 spiro atoms. The Hall–Kier alpha value is -0.903. The van der Waals surface area contributed by atoms with Gasteiger partial charge >= 0.3 is 0 Å². The molecule has 0 aliphatic rings. The predicted molar refractivity (Wildman–Crippen MR) is 84.7 cm³/mol. The van der Waals surface area contributed by atoms with E-state index in [1.54, 1.807) is 11.3 Å². The summed E-state index contributed by atoms with van der Waals surface area (Å²) in [4.78, 5) is 1.04. The molecular weight excluding hydrogens is 278 g/mol. The molecule has 0 saturated carbocycles. The fourth-order valence-electron chi connectivity index (χ4n) is 1.63. The van der Waals surface area contributed by atoms with E-state index in [2.05, 4.69) is 31.8 Å². The Morgan fingerprint density at radius 2 is 1.67 bits per heavy atom. The van der Waals surface area contributed by atoms with E-state index in [1.807, 2.05) is 24.3 Å². The molecule has 0 aliphatic heterocycles. The van der Waals surface area contributed by atoms with Gasteiger partial charge in [0.05, 0.1) is 18.7 Å². The zero-order valence-corrected chi connectivity index (χ0v) is 13.3. The molecule has 0 atom stereocenters. The van der Waals surface area contributed by atoms with Crippen LogP contribution in [0.2, 0.25) is 24.7 Å². The zero-order chi connectivity index (χ0) is 13.3. The normalized spacial score (nSPS) is 11.6. The van der Waals surface area contributed by atoms with Gasteiger partial charge in [0.2, 0.25) is 0 Å². The zero-order valence-electron chi connectivity index (χ0n) is 10.8. The molecule has 0 bridgehead atoms. The Labute approximate surface area is 118 Å². The van der Waals surface area contributed by atoms with Crippen molar-refractivity contribution in [1.82, 2.24) is 0 Å². The lowest BCUT2D eigenvalue weighted by Gasteiger charge is -2.12. The Morgan fingerprint density at radius 3 is 2.17 bits per heavy atom. The predicted octanol–water partition coefficient (Wildman–Crippen LogP) is 4.36. The van der Waals surface area contributed by atoms with E-state index < -0.39 is 8.07 Å².